The molecule has 0 atom stereocenters. The van der Waals surface area contributed by atoms with Crippen molar-refractivity contribution in [3.05, 3.63) is 46.9 Å². The number of hydrogen-bond acceptors (Lipinski definition) is 2. The molecule has 0 aliphatic rings. The first-order valence-corrected chi connectivity index (χ1v) is 7.71. The summed E-state index contributed by atoms with van der Waals surface area (Å²) in [6.45, 7) is 13.0. The fraction of sp³-hybridized carbons (Fsp3) is 0.389. The van der Waals surface area contributed by atoms with Crippen LogP contribution in [0.2, 0.25) is 0 Å². The molecule has 0 N–H and O–H groups in total. The van der Waals surface area contributed by atoms with Crippen LogP contribution in [-0.2, 0) is 0 Å². The van der Waals surface area contributed by atoms with E-state index in [1.54, 1.807) is 13.0 Å². The molecule has 0 radical (unpaired) electrons. The topological polar surface area (TPSA) is 21.6 Å². The minimum Gasteiger partial charge on any atom is -0.491 e. The zero-order valence-corrected chi connectivity index (χ0v) is 14.6. The lowest BCUT2D eigenvalue weighted by Crippen LogP contribution is -2.08. The van der Waals surface area contributed by atoms with E-state index in [1.165, 1.54) is 12.3 Å². The molecule has 1 aromatic rings. The van der Waals surface area contributed by atoms with E-state index in [1.807, 2.05) is 27.7 Å². The van der Waals surface area contributed by atoms with Crippen molar-refractivity contribution in [2.75, 3.05) is 0 Å². The van der Waals surface area contributed by atoms with Crippen molar-refractivity contribution in [1.82, 2.24) is 0 Å². The van der Waals surface area contributed by atoms with E-state index >= 15 is 0 Å². The molecule has 0 amide bonds. The average molecular weight is 324 g/mol. The fourth-order valence-electron chi connectivity index (χ4n) is 2.07. The largest absolute Gasteiger partial charge is 0.491 e. The number of aliphatic imine (C=N–C) groups is 1. The van der Waals surface area contributed by atoms with Crippen LogP contribution in [0.1, 0.15) is 45.2 Å². The number of hydrogen-bond donors (Lipinski definition) is 0. The Bertz CT molecular complexity index is 618. The molecule has 0 fully saturated rings. The fourth-order valence-corrected chi connectivity index (χ4v) is 2.35. The highest BCUT2D eigenvalue weighted by molar-refractivity contribution is 6.46. The van der Waals surface area contributed by atoms with Gasteiger partial charge in [0, 0.05) is 11.8 Å². The predicted octanol–water partition coefficient (Wildman–Crippen LogP) is 5.89. The molecule has 4 heteroatoms. The van der Waals surface area contributed by atoms with Gasteiger partial charge in [0.05, 0.1) is 16.8 Å². The van der Waals surface area contributed by atoms with Gasteiger partial charge in [0.1, 0.15) is 11.6 Å². The molecule has 0 saturated carbocycles. The normalized spacial score (nSPS) is 13.2. The van der Waals surface area contributed by atoms with Crippen LogP contribution in [0.25, 0.3) is 5.57 Å². The second-order valence-corrected chi connectivity index (χ2v) is 5.69. The summed E-state index contributed by atoms with van der Waals surface area (Å²) >= 11 is 6.37. The molecule has 0 aromatic heterocycles. The highest BCUT2D eigenvalue weighted by Crippen LogP contribution is 2.31. The first-order chi connectivity index (χ1) is 10.3. The summed E-state index contributed by atoms with van der Waals surface area (Å²) in [7, 11) is 0. The van der Waals surface area contributed by atoms with Crippen molar-refractivity contribution < 1.29 is 9.13 Å². The van der Waals surface area contributed by atoms with Crippen molar-refractivity contribution in [3.8, 4) is 5.75 Å². The summed E-state index contributed by atoms with van der Waals surface area (Å²) in [4.78, 5) is 4.14. The Morgan fingerprint density at radius 3 is 2.59 bits per heavy atom. The third-order valence-electron chi connectivity index (χ3n) is 3.20. The van der Waals surface area contributed by atoms with E-state index in [0.29, 0.717) is 34.1 Å². The standard InChI is InChI=1S/C18H23ClFNO/c1-7-16(21-8-2)18(19)13(6)14-10-17(22-11(3)4)12(5)9-15(14)20/h8-11H,2,7H2,1,3-6H3/b18-13-,21-16?. The summed E-state index contributed by atoms with van der Waals surface area (Å²) in [5.74, 6) is 0.340. The molecule has 1 rings (SSSR count). The van der Waals surface area contributed by atoms with Crippen molar-refractivity contribution in [3.63, 3.8) is 0 Å². The molecule has 22 heavy (non-hydrogen) atoms. The highest BCUT2D eigenvalue weighted by Gasteiger charge is 2.15. The van der Waals surface area contributed by atoms with Gasteiger partial charge in [-0.3, -0.25) is 4.99 Å². The van der Waals surface area contributed by atoms with E-state index < -0.39 is 0 Å². The summed E-state index contributed by atoms with van der Waals surface area (Å²) < 4.78 is 20.0. The monoisotopic (exact) mass is 323 g/mol. The number of ether oxygens (including phenoxy) is 1. The van der Waals surface area contributed by atoms with Crippen LogP contribution in [0.5, 0.6) is 5.75 Å². The number of rotatable bonds is 6. The number of benzene rings is 1. The van der Waals surface area contributed by atoms with E-state index in [2.05, 4.69) is 11.6 Å². The zero-order valence-electron chi connectivity index (χ0n) is 13.8. The molecule has 0 spiro atoms. The Hall–Kier alpha value is -1.61. The summed E-state index contributed by atoms with van der Waals surface area (Å²) in [6, 6.07) is 3.17. The lowest BCUT2D eigenvalue weighted by molar-refractivity contribution is 0.240. The van der Waals surface area contributed by atoms with Crippen molar-refractivity contribution in [2.45, 2.75) is 47.1 Å². The van der Waals surface area contributed by atoms with Gasteiger partial charge in [0.2, 0.25) is 0 Å². The molecule has 0 aliphatic heterocycles. The van der Waals surface area contributed by atoms with Crippen LogP contribution in [0, 0.1) is 12.7 Å². The third-order valence-corrected chi connectivity index (χ3v) is 3.70. The molecule has 120 valence electrons. The van der Waals surface area contributed by atoms with Gasteiger partial charge in [-0.25, -0.2) is 4.39 Å². The minimum absolute atomic E-state index is 0.0188. The van der Waals surface area contributed by atoms with Gasteiger partial charge in [0.25, 0.3) is 0 Å². The minimum atomic E-state index is -0.321. The molecule has 0 bridgehead atoms. The van der Waals surface area contributed by atoms with Gasteiger partial charge in [-0.15, -0.1) is 0 Å². The highest BCUT2D eigenvalue weighted by atomic mass is 35.5. The lowest BCUT2D eigenvalue weighted by atomic mass is 10.0. The Labute approximate surface area is 137 Å². The summed E-state index contributed by atoms with van der Waals surface area (Å²) in [5.41, 5.74) is 2.50. The molecule has 2 nitrogen and oxygen atoms in total. The van der Waals surface area contributed by atoms with Gasteiger partial charge in [0.15, 0.2) is 0 Å². The van der Waals surface area contributed by atoms with Gasteiger partial charge in [-0.05, 0) is 57.4 Å². The van der Waals surface area contributed by atoms with E-state index in [9.17, 15) is 4.39 Å². The summed E-state index contributed by atoms with van der Waals surface area (Å²) in [5, 5.41) is 0.445. The molecular weight excluding hydrogens is 301 g/mol. The Kier molecular flexibility index (Phi) is 6.82. The lowest BCUT2D eigenvalue weighted by Gasteiger charge is -2.16. The van der Waals surface area contributed by atoms with E-state index in [4.69, 9.17) is 16.3 Å². The van der Waals surface area contributed by atoms with Crippen LogP contribution in [0.4, 0.5) is 4.39 Å². The van der Waals surface area contributed by atoms with Crippen LogP contribution >= 0.6 is 11.6 Å². The number of aryl methyl sites for hydroxylation is 1. The molecule has 0 saturated heterocycles. The van der Waals surface area contributed by atoms with Gasteiger partial charge < -0.3 is 4.74 Å². The molecular formula is C18H23ClFNO. The van der Waals surface area contributed by atoms with Crippen molar-refractivity contribution in [1.29, 1.82) is 0 Å². The zero-order chi connectivity index (χ0) is 16.9. The first-order valence-electron chi connectivity index (χ1n) is 7.33. The van der Waals surface area contributed by atoms with E-state index in [-0.39, 0.29) is 11.9 Å². The molecule has 1 aromatic carbocycles. The second kappa shape index (κ2) is 8.14. The van der Waals surface area contributed by atoms with Crippen molar-refractivity contribution in [2.24, 2.45) is 4.99 Å². The molecule has 0 aliphatic carbocycles. The smallest absolute Gasteiger partial charge is 0.131 e. The average Bonchev–Trinajstić information content (AvgIpc) is 2.45. The van der Waals surface area contributed by atoms with E-state index in [0.717, 1.165) is 5.56 Å². The van der Waals surface area contributed by atoms with Crippen molar-refractivity contribution >= 4 is 22.9 Å². The number of halogens is 2. The third kappa shape index (κ3) is 4.44. The number of nitrogens with zero attached hydrogens (tertiary/aromatic N) is 1. The maximum absolute atomic E-state index is 14.3. The predicted molar refractivity (Wildman–Crippen MR) is 93.3 cm³/mol. The van der Waals surface area contributed by atoms with Crippen LogP contribution < -0.4 is 4.74 Å². The van der Waals surface area contributed by atoms with Gasteiger partial charge >= 0.3 is 0 Å². The van der Waals surface area contributed by atoms with Gasteiger partial charge in [-0.1, -0.05) is 25.1 Å². The Balaban J connectivity index is 3.41. The summed E-state index contributed by atoms with van der Waals surface area (Å²) in [6.07, 6.45) is 2.10. The Morgan fingerprint density at radius 2 is 2.09 bits per heavy atom. The second-order valence-electron chi connectivity index (χ2n) is 5.32. The quantitative estimate of drug-likeness (QED) is 0.598. The van der Waals surface area contributed by atoms with Crippen LogP contribution in [0.3, 0.4) is 0 Å². The van der Waals surface area contributed by atoms with Gasteiger partial charge in [-0.2, -0.15) is 0 Å². The molecule has 0 heterocycles. The van der Waals surface area contributed by atoms with Crippen LogP contribution in [0.15, 0.2) is 34.9 Å². The Morgan fingerprint density at radius 1 is 1.45 bits per heavy atom. The first kappa shape index (κ1) is 18.4. The maximum Gasteiger partial charge on any atom is 0.131 e. The molecule has 0 unspecified atom stereocenters. The van der Waals surface area contributed by atoms with Crippen LogP contribution in [-0.4, -0.2) is 11.8 Å². The number of allylic oxidation sites excluding steroid dienone is 2. The maximum atomic E-state index is 14.3. The SMILES string of the molecule is C=CN=C(CC)/C(Cl)=C(\C)c1cc(OC(C)C)c(C)cc1F.